The Balaban J connectivity index is 2.19. The summed E-state index contributed by atoms with van der Waals surface area (Å²) in [6, 6.07) is 12.8. The molecule has 110 valence electrons. The summed E-state index contributed by atoms with van der Waals surface area (Å²) in [4.78, 5) is 12.3. The first-order valence-electron chi connectivity index (χ1n) is 6.44. The van der Waals surface area contributed by atoms with Crippen molar-refractivity contribution in [3.8, 4) is 0 Å². The van der Waals surface area contributed by atoms with Crippen molar-refractivity contribution < 1.29 is 9.53 Å². The number of hydrogen-bond donors (Lipinski definition) is 1. The minimum Gasteiger partial charge on any atom is -0.384 e. The van der Waals surface area contributed by atoms with Gasteiger partial charge in [0.05, 0.1) is 6.61 Å². The predicted octanol–water partition coefficient (Wildman–Crippen LogP) is 4.54. The van der Waals surface area contributed by atoms with Crippen LogP contribution in [0.4, 0.5) is 5.69 Å². The molecule has 2 aromatic rings. The molecule has 0 fully saturated rings. The van der Waals surface area contributed by atoms with Crippen molar-refractivity contribution in [2.45, 2.75) is 6.42 Å². The fraction of sp³-hybridized carbons (Fsp3) is 0.188. The van der Waals surface area contributed by atoms with E-state index in [9.17, 15) is 4.79 Å². The Hall–Kier alpha value is -1.36. The molecule has 2 aromatic carbocycles. The molecule has 0 aromatic heterocycles. The van der Waals surface area contributed by atoms with Crippen molar-refractivity contribution in [1.29, 1.82) is 0 Å². The summed E-state index contributed by atoms with van der Waals surface area (Å²) in [6.07, 6.45) is 0.742. The lowest BCUT2D eigenvalue weighted by Crippen LogP contribution is -2.13. The normalized spacial score (nSPS) is 10.4. The summed E-state index contributed by atoms with van der Waals surface area (Å²) >= 11 is 9.30. The average Bonchev–Trinajstić information content (AvgIpc) is 2.45. The molecule has 0 saturated carbocycles. The fourth-order valence-electron chi connectivity index (χ4n) is 1.95. The lowest BCUT2D eigenvalue weighted by molar-refractivity contribution is 0.102. The van der Waals surface area contributed by atoms with Gasteiger partial charge in [-0.3, -0.25) is 4.79 Å². The number of methoxy groups -OCH3 is 1. The molecule has 0 spiro atoms. The summed E-state index contributed by atoms with van der Waals surface area (Å²) in [5.74, 6) is -0.192. The van der Waals surface area contributed by atoms with E-state index in [0.717, 1.165) is 22.1 Å². The molecule has 1 N–H and O–H groups in total. The van der Waals surface area contributed by atoms with Crippen molar-refractivity contribution in [3.05, 3.63) is 63.1 Å². The molecule has 2 rings (SSSR count). The number of carbonyl (C=O) groups is 1. The van der Waals surface area contributed by atoms with Crippen LogP contribution in [0.25, 0.3) is 0 Å². The highest BCUT2D eigenvalue weighted by atomic mass is 79.9. The second kappa shape index (κ2) is 7.59. The predicted molar refractivity (Wildman–Crippen MR) is 89.1 cm³/mol. The second-order valence-electron chi connectivity index (χ2n) is 4.51. The lowest BCUT2D eigenvalue weighted by Gasteiger charge is -2.11. The number of carbonyl (C=O) groups excluding carboxylic acids is 1. The zero-order chi connectivity index (χ0) is 15.2. The van der Waals surface area contributed by atoms with Gasteiger partial charge in [-0.1, -0.05) is 45.7 Å². The summed E-state index contributed by atoms with van der Waals surface area (Å²) in [5.41, 5.74) is 2.33. The molecule has 3 nitrogen and oxygen atoms in total. The first-order valence-corrected chi connectivity index (χ1v) is 7.61. The Bertz CT molecular complexity index is 626. The van der Waals surface area contributed by atoms with Crippen LogP contribution in [0.1, 0.15) is 15.9 Å². The molecule has 1 amide bonds. The van der Waals surface area contributed by atoms with E-state index in [0.29, 0.717) is 17.2 Å². The molecule has 0 saturated heterocycles. The lowest BCUT2D eigenvalue weighted by atomic mass is 10.1. The van der Waals surface area contributed by atoms with E-state index in [4.69, 9.17) is 16.3 Å². The van der Waals surface area contributed by atoms with Gasteiger partial charge in [-0.2, -0.15) is 0 Å². The molecule has 5 heteroatoms. The summed E-state index contributed by atoms with van der Waals surface area (Å²) in [5, 5.41) is 3.43. The van der Waals surface area contributed by atoms with Gasteiger partial charge in [0.1, 0.15) is 0 Å². The first kappa shape index (κ1) is 16.0. The number of anilines is 1. The van der Waals surface area contributed by atoms with Crippen LogP contribution in [0.3, 0.4) is 0 Å². The molecule has 0 unspecified atom stereocenters. The minimum atomic E-state index is -0.192. The maximum Gasteiger partial charge on any atom is 0.255 e. The van der Waals surface area contributed by atoms with Crippen molar-refractivity contribution in [3.63, 3.8) is 0 Å². The van der Waals surface area contributed by atoms with Crippen molar-refractivity contribution in [2.24, 2.45) is 0 Å². The van der Waals surface area contributed by atoms with Crippen LogP contribution in [0.5, 0.6) is 0 Å². The smallest absolute Gasteiger partial charge is 0.255 e. The summed E-state index contributed by atoms with van der Waals surface area (Å²) < 4.78 is 5.86. The molecule has 21 heavy (non-hydrogen) atoms. The Morgan fingerprint density at radius 1 is 1.29 bits per heavy atom. The van der Waals surface area contributed by atoms with Gasteiger partial charge in [-0.15, -0.1) is 0 Å². The third-order valence-electron chi connectivity index (χ3n) is 2.97. The summed E-state index contributed by atoms with van der Waals surface area (Å²) in [6.45, 7) is 0.607. The molecule has 0 aliphatic heterocycles. The zero-order valence-electron chi connectivity index (χ0n) is 11.5. The van der Waals surface area contributed by atoms with Crippen LogP contribution in [0.2, 0.25) is 5.02 Å². The number of rotatable bonds is 5. The van der Waals surface area contributed by atoms with Gasteiger partial charge in [0.2, 0.25) is 0 Å². The zero-order valence-corrected chi connectivity index (χ0v) is 13.9. The molecular formula is C16H15BrClNO2. The molecule has 0 heterocycles. The van der Waals surface area contributed by atoms with Crippen LogP contribution >= 0.6 is 27.5 Å². The van der Waals surface area contributed by atoms with Gasteiger partial charge in [0.15, 0.2) is 0 Å². The average molecular weight is 369 g/mol. The van der Waals surface area contributed by atoms with E-state index in [2.05, 4.69) is 21.2 Å². The van der Waals surface area contributed by atoms with Gasteiger partial charge >= 0.3 is 0 Å². The van der Waals surface area contributed by atoms with Crippen LogP contribution < -0.4 is 5.32 Å². The van der Waals surface area contributed by atoms with Gasteiger partial charge in [-0.05, 0) is 36.2 Å². The van der Waals surface area contributed by atoms with Crippen LogP contribution in [0.15, 0.2) is 46.9 Å². The SMILES string of the molecule is COCCc1ccccc1NC(=O)c1cc(Cl)cc(Br)c1. The molecule has 0 aliphatic carbocycles. The number of amides is 1. The number of ether oxygens (including phenoxy) is 1. The van der Waals surface area contributed by atoms with E-state index in [1.807, 2.05) is 24.3 Å². The van der Waals surface area contributed by atoms with Crippen molar-refractivity contribution >= 4 is 39.1 Å². The largest absolute Gasteiger partial charge is 0.384 e. The Morgan fingerprint density at radius 3 is 2.76 bits per heavy atom. The number of nitrogens with one attached hydrogen (secondary N) is 1. The van der Waals surface area contributed by atoms with Crippen LogP contribution in [0, 0.1) is 0 Å². The van der Waals surface area contributed by atoms with E-state index in [1.165, 1.54) is 0 Å². The molecule has 0 atom stereocenters. The van der Waals surface area contributed by atoms with E-state index in [-0.39, 0.29) is 5.91 Å². The Morgan fingerprint density at radius 2 is 2.05 bits per heavy atom. The monoisotopic (exact) mass is 367 g/mol. The second-order valence-corrected chi connectivity index (χ2v) is 5.86. The van der Waals surface area contributed by atoms with Crippen LogP contribution in [-0.4, -0.2) is 19.6 Å². The van der Waals surface area contributed by atoms with E-state index in [1.54, 1.807) is 25.3 Å². The molecule has 0 radical (unpaired) electrons. The summed E-state index contributed by atoms with van der Waals surface area (Å²) in [7, 11) is 1.66. The number of para-hydroxylation sites is 1. The fourth-order valence-corrected chi connectivity index (χ4v) is 2.81. The maximum atomic E-state index is 12.3. The quantitative estimate of drug-likeness (QED) is 0.841. The maximum absolute atomic E-state index is 12.3. The number of benzene rings is 2. The third kappa shape index (κ3) is 4.56. The van der Waals surface area contributed by atoms with Gasteiger partial charge in [-0.25, -0.2) is 0 Å². The van der Waals surface area contributed by atoms with Crippen LogP contribution in [-0.2, 0) is 11.2 Å². The minimum absolute atomic E-state index is 0.192. The van der Waals surface area contributed by atoms with Gasteiger partial charge in [0, 0.05) is 27.9 Å². The first-order chi connectivity index (χ1) is 10.1. The van der Waals surface area contributed by atoms with Crippen molar-refractivity contribution in [2.75, 3.05) is 19.0 Å². The highest BCUT2D eigenvalue weighted by Crippen LogP contribution is 2.22. The van der Waals surface area contributed by atoms with Gasteiger partial charge < -0.3 is 10.1 Å². The Kier molecular flexibility index (Phi) is 5.79. The number of hydrogen-bond acceptors (Lipinski definition) is 2. The van der Waals surface area contributed by atoms with E-state index >= 15 is 0 Å². The standard InChI is InChI=1S/C16H15BrClNO2/c1-21-7-6-11-4-2-3-5-15(11)19-16(20)12-8-13(17)10-14(18)9-12/h2-5,8-10H,6-7H2,1H3,(H,19,20). The molecule has 0 aliphatic rings. The highest BCUT2D eigenvalue weighted by Gasteiger charge is 2.10. The van der Waals surface area contributed by atoms with E-state index < -0.39 is 0 Å². The number of halogens is 2. The molecular weight excluding hydrogens is 354 g/mol. The molecule has 0 bridgehead atoms. The van der Waals surface area contributed by atoms with Crippen molar-refractivity contribution in [1.82, 2.24) is 0 Å². The third-order valence-corrected chi connectivity index (χ3v) is 3.64. The Labute approximate surface area is 137 Å². The topological polar surface area (TPSA) is 38.3 Å². The highest BCUT2D eigenvalue weighted by molar-refractivity contribution is 9.10. The van der Waals surface area contributed by atoms with Gasteiger partial charge in [0.25, 0.3) is 5.91 Å².